The van der Waals surface area contributed by atoms with Gasteiger partial charge in [-0.25, -0.2) is 4.98 Å². The highest BCUT2D eigenvalue weighted by molar-refractivity contribution is 5.77. The van der Waals surface area contributed by atoms with E-state index in [0.29, 0.717) is 11.2 Å². The Morgan fingerprint density at radius 1 is 1.13 bits per heavy atom. The number of para-hydroxylation sites is 1. The van der Waals surface area contributed by atoms with Gasteiger partial charge >= 0.3 is 0 Å². The molecule has 1 heterocycles. The summed E-state index contributed by atoms with van der Waals surface area (Å²) in [5.41, 5.74) is 3.21. The highest BCUT2D eigenvalue weighted by Crippen LogP contribution is 2.19. The van der Waals surface area contributed by atoms with Crippen LogP contribution < -0.4 is 5.56 Å². The van der Waals surface area contributed by atoms with E-state index in [2.05, 4.69) is 46.9 Å². The molecule has 0 radical (unpaired) electrons. The van der Waals surface area contributed by atoms with E-state index in [4.69, 9.17) is 0 Å². The molecule has 4 heteroatoms. The van der Waals surface area contributed by atoms with Crippen LogP contribution in [0, 0.1) is 6.92 Å². The Morgan fingerprint density at radius 3 is 2.61 bits per heavy atom. The van der Waals surface area contributed by atoms with Crippen molar-refractivity contribution in [2.45, 2.75) is 26.4 Å². The van der Waals surface area contributed by atoms with Crippen LogP contribution in [0.25, 0.3) is 10.9 Å². The Balaban J connectivity index is 1.89. The van der Waals surface area contributed by atoms with Crippen LogP contribution in [0.5, 0.6) is 0 Å². The van der Waals surface area contributed by atoms with Crippen molar-refractivity contribution in [3.8, 4) is 0 Å². The van der Waals surface area contributed by atoms with E-state index in [1.807, 2.05) is 31.3 Å². The average Bonchev–Trinajstić information content (AvgIpc) is 2.56. The zero-order valence-electron chi connectivity index (χ0n) is 13.7. The highest BCUT2D eigenvalue weighted by atomic mass is 16.1. The predicted molar refractivity (Wildman–Crippen MR) is 93.4 cm³/mol. The molecule has 1 N–H and O–H groups in total. The molecular formula is C19H21N3O. The molecule has 0 saturated heterocycles. The van der Waals surface area contributed by atoms with E-state index in [-0.39, 0.29) is 11.6 Å². The lowest BCUT2D eigenvalue weighted by Crippen LogP contribution is -2.26. The van der Waals surface area contributed by atoms with Gasteiger partial charge in [0.05, 0.1) is 16.9 Å². The summed E-state index contributed by atoms with van der Waals surface area (Å²) in [5.74, 6) is 0.699. The van der Waals surface area contributed by atoms with Crippen molar-refractivity contribution in [2.75, 3.05) is 7.05 Å². The first-order valence-electron chi connectivity index (χ1n) is 7.80. The fourth-order valence-corrected chi connectivity index (χ4v) is 2.70. The van der Waals surface area contributed by atoms with Crippen molar-refractivity contribution in [3.05, 3.63) is 75.8 Å². The number of nitrogens with one attached hydrogen (secondary N) is 1. The van der Waals surface area contributed by atoms with Crippen molar-refractivity contribution in [1.29, 1.82) is 0 Å². The molecule has 0 amide bonds. The maximum atomic E-state index is 12.2. The first-order valence-corrected chi connectivity index (χ1v) is 7.80. The number of aromatic nitrogens is 2. The smallest absolute Gasteiger partial charge is 0.258 e. The summed E-state index contributed by atoms with van der Waals surface area (Å²) in [7, 11) is 2.05. The molecule has 3 rings (SSSR count). The second-order valence-corrected chi connectivity index (χ2v) is 5.99. The molecule has 0 unspecified atom stereocenters. The molecule has 3 aromatic rings. The number of benzene rings is 2. The standard InChI is InChI=1S/C19H21N3O/c1-13-8-4-5-9-15(13)12-22(3)14(2)18-20-17-11-7-6-10-16(17)19(23)21-18/h4-11,14H,12H2,1-3H3,(H,20,21,23)/t14-/m1/s1. The van der Waals surface area contributed by atoms with Gasteiger partial charge in [-0.1, -0.05) is 36.4 Å². The van der Waals surface area contributed by atoms with Crippen molar-refractivity contribution in [3.63, 3.8) is 0 Å². The molecule has 118 valence electrons. The van der Waals surface area contributed by atoms with Crippen molar-refractivity contribution in [1.82, 2.24) is 14.9 Å². The minimum atomic E-state index is -0.0817. The lowest BCUT2D eigenvalue weighted by Gasteiger charge is -2.24. The van der Waals surface area contributed by atoms with Gasteiger partial charge in [-0.2, -0.15) is 0 Å². The molecule has 0 bridgehead atoms. The zero-order chi connectivity index (χ0) is 16.4. The summed E-state index contributed by atoms with van der Waals surface area (Å²) in [4.78, 5) is 22.0. The Hall–Kier alpha value is -2.46. The zero-order valence-corrected chi connectivity index (χ0v) is 13.7. The van der Waals surface area contributed by atoms with Gasteiger partial charge in [-0.05, 0) is 44.2 Å². The number of fused-ring (bicyclic) bond motifs is 1. The van der Waals surface area contributed by atoms with Crippen LogP contribution >= 0.6 is 0 Å². The average molecular weight is 307 g/mol. The van der Waals surface area contributed by atoms with Gasteiger partial charge in [0.2, 0.25) is 0 Å². The minimum absolute atomic E-state index is 0.0203. The van der Waals surface area contributed by atoms with E-state index in [1.165, 1.54) is 11.1 Å². The lowest BCUT2D eigenvalue weighted by atomic mass is 10.1. The normalized spacial score (nSPS) is 12.7. The summed E-state index contributed by atoms with van der Waals surface area (Å²) >= 11 is 0. The van der Waals surface area contributed by atoms with Crippen LogP contribution in [0.4, 0.5) is 0 Å². The summed E-state index contributed by atoms with van der Waals surface area (Å²) in [6, 6.07) is 15.8. The number of hydrogen-bond donors (Lipinski definition) is 1. The predicted octanol–water partition coefficient (Wildman–Crippen LogP) is 3.42. The van der Waals surface area contributed by atoms with Gasteiger partial charge in [0.25, 0.3) is 5.56 Å². The number of hydrogen-bond acceptors (Lipinski definition) is 3. The summed E-state index contributed by atoms with van der Waals surface area (Å²) in [5, 5.41) is 0.630. The van der Waals surface area contributed by atoms with Gasteiger partial charge in [0.15, 0.2) is 0 Å². The van der Waals surface area contributed by atoms with Crippen LogP contribution in [-0.4, -0.2) is 21.9 Å². The molecule has 1 atom stereocenters. The Morgan fingerprint density at radius 2 is 1.83 bits per heavy atom. The quantitative estimate of drug-likeness (QED) is 0.803. The fourth-order valence-electron chi connectivity index (χ4n) is 2.70. The highest BCUT2D eigenvalue weighted by Gasteiger charge is 2.16. The Bertz CT molecular complexity index is 885. The molecule has 0 aliphatic heterocycles. The van der Waals surface area contributed by atoms with E-state index >= 15 is 0 Å². The summed E-state index contributed by atoms with van der Waals surface area (Å²) in [6.45, 7) is 4.99. The van der Waals surface area contributed by atoms with Crippen LogP contribution in [0.2, 0.25) is 0 Å². The number of nitrogens with zero attached hydrogens (tertiary/aromatic N) is 2. The molecule has 4 nitrogen and oxygen atoms in total. The van der Waals surface area contributed by atoms with Gasteiger partial charge in [-0.15, -0.1) is 0 Å². The lowest BCUT2D eigenvalue weighted by molar-refractivity contribution is 0.243. The second-order valence-electron chi connectivity index (χ2n) is 5.99. The topological polar surface area (TPSA) is 49.0 Å². The first kappa shape index (κ1) is 15.4. The molecule has 2 aromatic carbocycles. The third kappa shape index (κ3) is 3.17. The van der Waals surface area contributed by atoms with Crippen LogP contribution in [0.1, 0.15) is 29.9 Å². The maximum Gasteiger partial charge on any atom is 0.258 e. The van der Waals surface area contributed by atoms with Gasteiger partial charge in [-0.3, -0.25) is 9.69 Å². The van der Waals surface area contributed by atoms with Gasteiger partial charge in [0, 0.05) is 6.54 Å². The number of aryl methyl sites for hydroxylation is 1. The Labute approximate surface area is 135 Å². The van der Waals surface area contributed by atoms with Crippen LogP contribution in [-0.2, 0) is 6.54 Å². The second kappa shape index (κ2) is 6.34. The minimum Gasteiger partial charge on any atom is -0.309 e. The van der Waals surface area contributed by atoms with E-state index < -0.39 is 0 Å². The molecule has 0 aliphatic rings. The van der Waals surface area contributed by atoms with Crippen molar-refractivity contribution in [2.24, 2.45) is 0 Å². The number of H-pyrrole nitrogens is 1. The Kier molecular flexibility index (Phi) is 4.26. The molecule has 0 aliphatic carbocycles. The molecule has 23 heavy (non-hydrogen) atoms. The fraction of sp³-hybridized carbons (Fsp3) is 0.263. The van der Waals surface area contributed by atoms with Crippen molar-refractivity contribution >= 4 is 10.9 Å². The third-order valence-electron chi connectivity index (χ3n) is 4.37. The molecule has 1 aromatic heterocycles. The monoisotopic (exact) mass is 307 g/mol. The van der Waals surface area contributed by atoms with E-state index in [1.54, 1.807) is 6.07 Å². The van der Waals surface area contributed by atoms with Crippen molar-refractivity contribution < 1.29 is 0 Å². The van der Waals surface area contributed by atoms with E-state index in [9.17, 15) is 4.79 Å². The number of aromatic amines is 1. The number of rotatable bonds is 4. The van der Waals surface area contributed by atoms with Crippen LogP contribution in [0.3, 0.4) is 0 Å². The molecule has 0 spiro atoms. The van der Waals surface area contributed by atoms with Gasteiger partial charge < -0.3 is 4.98 Å². The largest absolute Gasteiger partial charge is 0.309 e. The molecule has 0 fully saturated rings. The molecule has 0 saturated carbocycles. The molecular weight excluding hydrogens is 286 g/mol. The first-order chi connectivity index (χ1) is 11.1. The van der Waals surface area contributed by atoms with Crippen LogP contribution in [0.15, 0.2) is 53.3 Å². The summed E-state index contributed by atoms with van der Waals surface area (Å²) in [6.07, 6.45) is 0. The maximum absolute atomic E-state index is 12.2. The third-order valence-corrected chi connectivity index (χ3v) is 4.37. The van der Waals surface area contributed by atoms with E-state index in [0.717, 1.165) is 12.1 Å². The SMILES string of the molecule is Cc1ccccc1CN(C)[C@H](C)c1nc2ccccc2c(=O)[nH]1. The van der Waals surface area contributed by atoms with Gasteiger partial charge in [0.1, 0.15) is 5.82 Å². The summed E-state index contributed by atoms with van der Waals surface area (Å²) < 4.78 is 0.